The Morgan fingerprint density at radius 3 is 2.26 bits per heavy atom. The number of nitrogens with one attached hydrogen (secondary N) is 1. The lowest BCUT2D eigenvalue weighted by Gasteiger charge is -2.26. The number of benzene rings is 2. The fourth-order valence-corrected chi connectivity index (χ4v) is 4.80. The van der Waals surface area contributed by atoms with Crippen molar-refractivity contribution in [3.8, 4) is 11.5 Å². The SMILES string of the molecule is COc1cc2nc(C(=O)N3CCSCC3)cc(Nc3cc(C)cc(C)c3)c2cc1OC. The van der Waals surface area contributed by atoms with Gasteiger partial charge in [0.05, 0.1) is 25.4 Å². The van der Waals surface area contributed by atoms with E-state index in [1.165, 1.54) is 11.1 Å². The number of carbonyl (C=O) groups is 1. The number of hydrogen-bond acceptors (Lipinski definition) is 6. The number of fused-ring (bicyclic) bond motifs is 1. The van der Waals surface area contributed by atoms with Crippen LogP contribution in [0.15, 0.2) is 36.4 Å². The summed E-state index contributed by atoms with van der Waals surface area (Å²) in [5, 5.41) is 4.37. The quantitative estimate of drug-likeness (QED) is 0.619. The van der Waals surface area contributed by atoms with E-state index in [1.807, 2.05) is 34.9 Å². The van der Waals surface area contributed by atoms with Crippen LogP contribution in [0.4, 0.5) is 11.4 Å². The number of pyridine rings is 1. The number of aryl methyl sites for hydroxylation is 2. The summed E-state index contributed by atoms with van der Waals surface area (Å²) in [5.74, 6) is 3.07. The Morgan fingerprint density at radius 2 is 1.61 bits per heavy atom. The molecule has 1 N–H and O–H groups in total. The molecule has 31 heavy (non-hydrogen) atoms. The van der Waals surface area contributed by atoms with Crippen LogP contribution in [0.2, 0.25) is 0 Å². The Kier molecular flexibility index (Phi) is 6.23. The zero-order valence-corrected chi connectivity index (χ0v) is 19.1. The maximum atomic E-state index is 13.2. The van der Waals surface area contributed by atoms with Gasteiger partial charge in [0.25, 0.3) is 5.91 Å². The van der Waals surface area contributed by atoms with Gasteiger partial charge in [0.15, 0.2) is 11.5 Å². The minimum absolute atomic E-state index is 0.0412. The van der Waals surface area contributed by atoms with Crippen molar-refractivity contribution < 1.29 is 14.3 Å². The number of thioether (sulfide) groups is 1. The molecule has 2 aromatic carbocycles. The van der Waals surface area contributed by atoms with Gasteiger partial charge in [-0.05, 0) is 49.2 Å². The van der Waals surface area contributed by atoms with Crippen LogP contribution in [0, 0.1) is 13.8 Å². The average molecular weight is 438 g/mol. The summed E-state index contributed by atoms with van der Waals surface area (Å²) >= 11 is 1.87. The van der Waals surface area contributed by atoms with Gasteiger partial charge in [0, 0.05) is 41.7 Å². The number of hydrogen-bond donors (Lipinski definition) is 1. The number of rotatable bonds is 5. The van der Waals surface area contributed by atoms with Gasteiger partial charge in [-0.25, -0.2) is 4.98 Å². The number of aromatic nitrogens is 1. The maximum absolute atomic E-state index is 13.2. The summed E-state index contributed by atoms with van der Waals surface area (Å²) in [5.41, 5.74) is 5.22. The van der Waals surface area contributed by atoms with Crippen LogP contribution in [0.3, 0.4) is 0 Å². The van der Waals surface area contributed by atoms with Crippen LogP contribution in [0.1, 0.15) is 21.6 Å². The van der Waals surface area contributed by atoms with Crippen LogP contribution in [-0.2, 0) is 0 Å². The first-order valence-electron chi connectivity index (χ1n) is 10.3. The molecule has 0 unspecified atom stereocenters. The van der Waals surface area contributed by atoms with E-state index >= 15 is 0 Å². The highest BCUT2D eigenvalue weighted by atomic mass is 32.2. The largest absolute Gasteiger partial charge is 0.493 e. The molecule has 1 saturated heterocycles. The molecule has 1 aliphatic rings. The topological polar surface area (TPSA) is 63.7 Å². The second kappa shape index (κ2) is 9.06. The van der Waals surface area contributed by atoms with E-state index in [0.29, 0.717) is 22.7 Å². The molecule has 4 rings (SSSR count). The minimum Gasteiger partial charge on any atom is -0.493 e. The Labute approximate surface area is 186 Å². The van der Waals surface area contributed by atoms with Gasteiger partial charge in [0.1, 0.15) is 5.69 Å². The molecule has 0 bridgehead atoms. The standard InChI is InChI=1S/C24H27N3O3S/c1-15-9-16(2)11-17(10-15)25-19-13-21(24(28)27-5-7-31-8-6-27)26-20-14-23(30-4)22(29-3)12-18(19)20/h9-14H,5-8H2,1-4H3,(H,25,26). The number of ether oxygens (including phenoxy) is 2. The molecule has 0 atom stereocenters. The molecule has 1 fully saturated rings. The van der Waals surface area contributed by atoms with Crippen molar-refractivity contribution in [2.75, 3.05) is 44.1 Å². The molecule has 0 saturated carbocycles. The molecule has 0 aliphatic carbocycles. The summed E-state index contributed by atoms with van der Waals surface area (Å²) in [6.07, 6.45) is 0. The third-order valence-corrected chi connectivity index (χ3v) is 6.27. The van der Waals surface area contributed by atoms with E-state index in [9.17, 15) is 4.79 Å². The summed E-state index contributed by atoms with van der Waals surface area (Å²) in [4.78, 5) is 19.8. The van der Waals surface area contributed by atoms with Gasteiger partial charge in [-0.15, -0.1) is 0 Å². The molecule has 1 amide bonds. The molecule has 7 heteroatoms. The van der Waals surface area contributed by atoms with Crippen molar-refractivity contribution in [1.82, 2.24) is 9.88 Å². The monoisotopic (exact) mass is 437 g/mol. The predicted molar refractivity (Wildman–Crippen MR) is 127 cm³/mol. The first-order chi connectivity index (χ1) is 15.0. The predicted octanol–water partition coefficient (Wildman–Crippen LogP) is 4.80. The molecule has 6 nitrogen and oxygen atoms in total. The van der Waals surface area contributed by atoms with Crippen molar-refractivity contribution in [2.24, 2.45) is 0 Å². The van der Waals surface area contributed by atoms with Gasteiger partial charge >= 0.3 is 0 Å². The number of anilines is 2. The molecule has 162 valence electrons. The van der Waals surface area contributed by atoms with Crippen molar-refractivity contribution in [2.45, 2.75) is 13.8 Å². The van der Waals surface area contributed by atoms with Gasteiger partial charge in [-0.3, -0.25) is 4.79 Å². The van der Waals surface area contributed by atoms with E-state index in [1.54, 1.807) is 14.2 Å². The Balaban J connectivity index is 1.84. The smallest absolute Gasteiger partial charge is 0.272 e. The normalized spacial score (nSPS) is 13.9. The zero-order chi connectivity index (χ0) is 22.0. The first-order valence-corrected chi connectivity index (χ1v) is 11.4. The molecule has 1 aromatic heterocycles. The van der Waals surface area contributed by atoms with Crippen molar-refractivity contribution in [1.29, 1.82) is 0 Å². The molecule has 3 aromatic rings. The van der Waals surface area contributed by atoms with Crippen molar-refractivity contribution >= 4 is 39.9 Å². The minimum atomic E-state index is -0.0412. The van der Waals surface area contributed by atoms with E-state index in [2.05, 4.69) is 37.4 Å². The number of nitrogens with zero attached hydrogens (tertiary/aromatic N) is 2. The summed E-state index contributed by atoms with van der Waals surface area (Å²) in [7, 11) is 3.21. The van der Waals surface area contributed by atoms with Gasteiger partial charge < -0.3 is 19.7 Å². The summed E-state index contributed by atoms with van der Waals surface area (Å²) in [6.45, 7) is 5.63. The third-order valence-electron chi connectivity index (χ3n) is 5.33. The third kappa shape index (κ3) is 4.56. The summed E-state index contributed by atoms with van der Waals surface area (Å²) in [6, 6.07) is 11.9. The van der Waals surface area contributed by atoms with Crippen LogP contribution >= 0.6 is 11.8 Å². The van der Waals surface area contributed by atoms with Crippen molar-refractivity contribution in [3.63, 3.8) is 0 Å². The van der Waals surface area contributed by atoms with Crippen molar-refractivity contribution in [3.05, 3.63) is 53.2 Å². The molecule has 2 heterocycles. The summed E-state index contributed by atoms with van der Waals surface area (Å²) < 4.78 is 11.0. The van der Waals surface area contributed by atoms with Gasteiger partial charge in [0.2, 0.25) is 0 Å². The van der Waals surface area contributed by atoms with Crippen LogP contribution < -0.4 is 14.8 Å². The van der Waals surface area contributed by atoms with E-state index in [-0.39, 0.29) is 5.91 Å². The fraction of sp³-hybridized carbons (Fsp3) is 0.333. The molecule has 0 spiro atoms. The lowest BCUT2D eigenvalue weighted by molar-refractivity contribution is 0.0767. The Hall–Kier alpha value is -2.93. The highest BCUT2D eigenvalue weighted by molar-refractivity contribution is 7.99. The Morgan fingerprint density at radius 1 is 0.968 bits per heavy atom. The fourth-order valence-electron chi connectivity index (χ4n) is 3.90. The average Bonchev–Trinajstić information content (AvgIpc) is 2.77. The van der Waals surface area contributed by atoms with E-state index in [4.69, 9.17) is 14.5 Å². The van der Waals surface area contributed by atoms with Crippen LogP contribution in [0.5, 0.6) is 11.5 Å². The zero-order valence-electron chi connectivity index (χ0n) is 18.3. The second-order valence-electron chi connectivity index (χ2n) is 7.69. The Bertz CT molecular complexity index is 1110. The lowest BCUT2D eigenvalue weighted by Crippen LogP contribution is -2.38. The van der Waals surface area contributed by atoms with Crippen LogP contribution in [0.25, 0.3) is 10.9 Å². The second-order valence-corrected chi connectivity index (χ2v) is 8.91. The number of amides is 1. The molecule has 1 aliphatic heterocycles. The highest BCUT2D eigenvalue weighted by Crippen LogP contribution is 2.36. The van der Waals surface area contributed by atoms with Gasteiger partial charge in [-0.1, -0.05) is 6.07 Å². The van der Waals surface area contributed by atoms with E-state index < -0.39 is 0 Å². The molecular weight excluding hydrogens is 410 g/mol. The van der Waals surface area contributed by atoms with Crippen LogP contribution in [-0.4, -0.2) is 54.6 Å². The van der Waals surface area contributed by atoms with Gasteiger partial charge in [-0.2, -0.15) is 11.8 Å². The molecule has 0 radical (unpaired) electrons. The number of carbonyl (C=O) groups excluding carboxylic acids is 1. The van der Waals surface area contributed by atoms with E-state index in [0.717, 1.165) is 41.4 Å². The highest BCUT2D eigenvalue weighted by Gasteiger charge is 2.22. The maximum Gasteiger partial charge on any atom is 0.272 e. The first kappa shape index (κ1) is 21.3. The molecular formula is C24H27N3O3S. The number of methoxy groups -OCH3 is 2. The lowest BCUT2D eigenvalue weighted by atomic mass is 10.1.